The topological polar surface area (TPSA) is 293 Å². The van der Waals surface area contributed by atoms with E-state index in [0.717, 1.165) is 9.80 Å². The van der Waals surface area contributed by atoms with E-state index in [1.807, 2.05) is 0 Å². The van der Waals surface area contributed by atoms with Crippen LogP contribution in [0.2, 0.25) is 0 Å². The van der Waals surface area contributed by atoms with Crippen LogP contribution < -0.4 is 21.3 Å². The number of amides is 8. The molecule has 4 aliphatic heterocycles. The summed E-state index contributed by atoms with van der Waals surface area (Å²) in [5.74, 6) is -4.42. The maximum Gasteiger partial charge on any atom is 0.264 e. The summed E-state index contributed by atoms with van der Waals surface area (Å²) in [6.45, 7) is 9.64. The predicted octanol–water partition coefficient (Wildman–Crippen LogP) is 0.196. The smallest absolute Gasteiger partial charge is 0.264 e. The second kappa shape index (κ2) is 32.6. The summed E-state index contributed by atoms with van der Waals surface area (Å²) >= 11 is 0. The monoisotopic (exact) mass is 1060 g/mol. The molecule has 4 heterocycles. The second-order valence-electron chi connectivity index (χ2n) is 16.9. The molecule has 8 amide bonds. The third-order valence-corrected chi connectivity index (χ3v) is 11.8. The lowest BCUT2D eigenvalue weighted by molar-refractivity contribution is -0.137. The molecule has 25 nitrogen and oxygen atoms in total. The zero-order chi connectivity index (χ0) is 53.0. The van der Waals surface area contributed by atoms with E-state index in [1.54, 1.807) is 36.4 Å². The Morgan fingerprint density at radius 1 is 0.373 bits per heavy atom. The van der Waals surface area contributed by atoms with Crippen LogP contribution in [-0.4, -0.2) is 228 Å². The van der Waals surface area contributed by atoms with Crippen molar-refractivity contribution in [2.45, 2.75) is 37.8 Å². The maximum absolute atomic E-state index is 13.2. The third-order valence-electron chi connectivity index (χ3n) is 11.8. The van der Waals surface area contributed by atoms with E-state index in [1.165, 1.54) is 0 Å². The number of anilines is 2. The number of fused-ring (bicyclic) bond motifs is 2. The van der Waals surface area contributed by atoms with Crippen LogP contribution in [0, 0.1) is 0 Å². The van der Waals surface area contributed by atoms with Crippen molar-refractivity contribution in [3.05, 3.63) is 58.7 Å². The number of piperidine rings is 2. The first-order valence-corrected chi connectivity index (χ1v) is 25.2. The lowest BCUT2D eigenvalue weighted by Crippen LogP contribution is -2.54. The highest BCUT2D eigenvalue weighted by Gasteiger charge is 2.47. The third kappa shape index (κ3) is 18.2. The Kier molecular flexibility index (Phi) is 25.4. The molecule has 75 heavy (non-hydrogen) atoms. The summed E-state index contributed by atoms with van der Waals surface area (Å²) in [4.78, 5) is 102. The molecule has 4 N–H and O–H groups in total. The lowest BCUT2D eigenvalue weighted by Gasteiger charge is -2.27. The van der Waals surface area contributed by atoms with Gasteiger partial charge in [0.25, 0.3) is 23.6 Å². The van der Waals surface area contributed by atoms with Crippen molar-refractivity contribution in [1.29, 1.82) is 0 Å². The summed E-state index contributed by atoms with van der Waals surface area (Å²) in [6.07, 6.45) is 0.295. The minimum Gasteiger partial charge on any atom is -0.382 e. The lowest BCUT2D eigenvalue weighted by atomic mass is 10.0. The molecule has 0 radical (unpaired) electrons. The van der Waals surface area contributed by atoms with Gasteiger partial charge in [-0.3, -0.25) is 58.8 Å². The summed E-state index contributed by atoms with van der Waals surface area (Å²) < 4.78 is 60.9. The van der Waals surface area contributed by atoms with Crippen LogP contribution in [0.4, 0.5) is 11.4 Å². The minimum absolute atomic E-state index is 0.0550. The van der Waals surface area contributed by atoms with Gasteiger partial charge >= 0.3 is 0 Å². The highest BCUT2D eigenvalue weighted by molar-refractivity contribution is 6.26. The van der Waals surface area contributed by atoms with E-state index >= 15 is 0 Å². The molecular formula is C50H68N6O19. The van der Waals surface area contributed by atoms with Crippen LogP contribution in [0.15, 0.2) is 36.4 Å². The van der Waals surface area contributed by atoms with Crippen molar-refractivity contribution in [1.82, 2.24) is 20.4 Å². The molecule has 412 valence electrons. The molecule has 0 aromatic heterocycles. The second-order valence-corrected chi connectivity index (χ2v) is 16.9. The zero-order valence-electron chi connectivity index (χ0n) is 42.1. The molecule has 0 aliphatic carbocycles. The first-order valence-electron chi connectivity index (χ1n) is 25.2. The van der Waals surface area contributed by atoms with Crippen LogP contribution >= 0.6 is 0 Å². The molecule has 2 aromatic carbocycles. The Morgan fingerprint density at radius 3 is 0.907 bits per heavy atom. The summed E-state index contributed by atoms with van der Waals surface area (Å²) in [6, 6.07) is 7.74. The van der Waals surface area contributed by atoms with Gasteiger partial charge in [0.2, 0.25) is 23.6 Å². The molecule has 4 aliphatic rings. The summed E-state index contributed by atoms with van der Waals surface area (Å²) in [5, 5.41) is 10.7. The van der Waals surface area contributed by atoms with Gasteiger partial charge in [-0.05, 0) is 37.1 Å². The molecule has 2 aromatic rings. The number of carbonyl (C=O) groups is 8. The number of rotatable bonds is 40. The number of benzene rings is 2. The van der Waals surface area contributed by atoms with E-state index in [-0.39, 0.29) is 47.9 Å². The number of ether oxygens (including phenoxy) is 11. The average Bonchev–Trinajstić information content (AvgIpc) is 3.81. The van der Waals surface area contributed by atoms with Crippen LogP contribution in [0.5, 0.6) is 0 Å². The average molecular weight is 1060 g/mol. The van der Waals surface area contributed by atoms with Gasteiger partial charge in [0, 0.05) is 37.3 Å². The number of hydrogen-bond donors (Lipinski definition) is 4. The van der Waals surface area contributed by atoms with Crippen molar-refractivity contribution in [3.8, 4) is 0 Å². The normalized spacial score (nSPS) is 17.5. The van der Waals surface area contributed by atoms with Crippen LogP contribution in [0.25, 0.3) is 0 Å². The van der Waals surface area contributed by atoms with E-state index < -0.39 is 59.3 Å². The fraction of sp³-hybridized carbons (Fsp3) is 0.600. The van der Waals surface area contributed by atoms with Gasteiger partial charge in [0.15, 0.2) is 0 Å². The molecule has 6 rings (SSSR count). The predicted molar refractivity (Wildman–Crippen MR) is 262 cm³/mol. The number of hydrogen-bond acceptors (Lipinski definition) is 21. The van der Waals surface area contributed by atoms with E-state index in [9.17, 15) is 38.4 Å². The van der Waals surface area contributed by atoms with Crippen molar-refractivity contribution in [2.75, 3.05) is 169 Å². The standard InChI is InChI=1S/C50H68N6O19/c57-41-9-7-39(45(59)53-41)55-47(61)35-3-1-5-37(43(35)49(55)63)51-11-13-65-15-17-67-19-21-69-23-25-71-27-29-73-31-33-75-34-32-74-30-28-72-26-24-70-22-20-68-18-16-66-14-12-52-38-6-2-4-36-44(38)50(64)56(48(36)62)40-8-10-42(58)54-46(40)60/h1-6,39-40,51-52H,7-34H2,(H,53,57,59)(H,54,58,60). The fourth-order valence-corrected chi connectivity index (χ4v) is 8.14. The highest BCUT2D eigenvalue weighted by Crippen LogP contribution is 2.34. The maximum atomic E-state index is 13.2. The fourth-order valence-electron chi connectivity index (χ4n) is 8.14. The molecule has 2 atom stereocenters. The van der Waals surface area contributed by atoms with E-state index in [2.05, 4.69) is 21.3 Å². The van der Waals surface area contributed by atoms with Crippen molar-refractivity contribution < 1.29 is 90.5 Å². The number of nitrogens with one attached hydrogen (secondary N) is 4. The summed E-state index contributed by atoms with van der Waals surface area (Å²) in [7, 11) is 0. The molecule has 2 fully saturated rings. The Hall–Kier alpha value is -5.84. The Labute approximate surface area is 434 Å². The number of carbonyl (C=O) groups excluding carboxylic acids is 8. The zero-order valence-corrected chi connectivity index (χ0v) is 42.1. The molecule has 2 unspecified atom stereocenters. The number of imide groups is 4. The molecule has 2 saturated heterocycles. The molecule has 0 bridgehead atoms. The van der Waals surface area contributed by atoms with Crippen LogP contribution in [0.3, 0.4) is 0 Å². The van der Waals surface area contributed by atoms with Crippen molar-refractivity contribution >= 4 is 58.6 Å². The Balaban J connectivity index is 0.616. The molecule has 25 heteroatoms. The SMILES string of the molecule is O=C1CCC(N2C(=O)c3cccc(NCCOCCOCCOCCOCCOCCOCCOCCOCCOCCOCCOCCNc4cccc5c4C(=O)N(C4CCC(=O)NC4=O)C5=O)c3C2=O)C(=O)N1. The first kappa shape index (κ1) is 58.4. The summed E-state index contributed by atoms with van der Waals surface area (Å²) in [5.41, 5.74) is 1.75. The van der Waals surface area contributed by atoms with Gasteiger partial charge in [-0.2, -0.15) is 0 Å². The Bertz CT molecular complexity index is 2080. The van der Waals surface area contributed by atoms with Gasteiger partial charge in [-0.15, -0.1) is 0 Å². The van der Waals surface area contributed by atoms with Crippen LogP contribution in [-0.2, 0) is 71.3 Å². The van der Waals surface area contributed by atoms with E-state index in [0.29, 0.717) is 170 Å². The molecular weight excluding hydrogens is 989 g/mol. The van der Waals surface area contributed by atoms with Crippen molar-refractivity contribution in [2.24, 2.45) is 0 Å². The number of nitrogens with zero attached hydrogens (tertiary/aromatic N) is 2. The first-order chi connectivity index (χ1) is 36.7. The highest BCUT2D eigenvalue weighted by atomic mass is 16.6. The van der Waals surface area contributed by atoms with Crippen molar-refractivity contribution in [3.63, 3.8) is 0 Å². The largest absolute Gasteiger partial charge is 0.382 e. The van der Waals surface area contributed by atoms with E-state index in [4.69, 9.17) is 52.1 Å². The van der Waals surface area contributed by atoms with Gasteiger partial charge in [0.05, 0.1) is 168 Å². The quantitative estimate of drug-likeness (QED) is 0.0512. The van der Waals surface area contributed by atoms with Gasteiger partial charge in [-0.25, -0.2) is 0 Å². The van der Waals surface area contributed by atoms with Gasteiger partial charge in [-0.1, -0.05) is 12.1 Å². The van der Waals surface area contributed by atoms with Gasteiger partial charge in [0.1, 0.15) is 12.1 Å². The molecule has 0 spiro atoms. The van der Waals surface area contributed by atoms with Gasteiger partial charge < -0.3 is 62.7 Å². The minimum atomic E-state index is -1.02. The Morgan fingerprint density at radius 2 is 0.640 bits per heavy atom. The molecule has 0 saturated carbocycles. The van der Waals surface area contributed by atoms with Crippen LogP contribution in [0.1, 0.15) is 67.1 Å².